The van der Waals surface area contributed by atoms with Crippen LogP contribution in [0.5, 0.6) is 17.2 Å². The average molecular weight is 389 g/mol. The highest BCUT2D eigenvalue weighted by Gasteiger charge is 2.33. The summed E-state index contributed by atoms with van der Waals surface area (Å²) in [5.74, 6) is 2.22. The summed E-state index contributed by atoms with van der Waals surface area (Å²) in [6, 6.07) is 24.3. The number of rotatable bonds is 6. The zero-order valence-electron chi connectivity index (χ0n) is 16.9. The van der Waals surface area contributed by atoms with E-state index in [1.165, 1.54) is 11.1 Å². The molecule has 0 aliphatic carbocycles. The number of benzene rings is 3. The number of likely N-dealkylation sites (N-methyl/N-ethyl adjacent to an activating group) is 1. The van der Waals surface area contributed by atoms with Gasteiger partial charge in [0.05, 0.1) is 6.61 Å². The van der Waals surface area contributed by atoms with Crippen LogP contribution in [0, 0.1) is 0 Å². The van der Waals surface area contributed by atoms with E-state index in [1.807, 2.05) is 38.4 Å². The van der Waals surface area contributed by atoms with Gasteiger partial charge in [-0.1, -0.05) is 48.5 Å². The van der Waals surface area contributed by atoms with Gasteiger partial charge in [-0.05, 0) is 43.4 Å². The maximum absolute atomic E-state index is 9.89. The molecule has 4 rings (SSSR count). The monoisotopic (exact) mass is 389 g/mol. The third-order valence-electron chi connectivity index (χ3n) is 5.43. The van der Waals surface area contributed by atoms with Gasteiger partial charge < -0.3 is 19.5 Å². The molecular formula is C25H27NO3. The van der Waals surface area contributed by atoms with E-state index in [9.17, 15) is 5.11 Å². The molecule has 0 saturated heterocycles. The van der Waals surface area contributed by atoms with Crippen LogP contribution in [0.4, 0.5) is 0 Å². The van der Waals surface area contributed by atoms with Crippen LogP contribution in [0.25, 0.3) is 0 Å². The molecule has 0 radical (unpaired) electrons. The number of fused-ring (bicyclic) bond motifs is 1. The molecule has 150 valence electrons. The number of phenols is 1. The second kappa shape index (κ2) is 8.58. The van der Waals surface area contributed by atoms with E-state index in [4.69, 9.17) is 9.47 Å². The molecule has 3 aromatic carbocycles. The third kappa shape index (κ3) is 4.38. The second-order valence-electron chi connectivity index (χ2n) is 7.75. The second-order valence-corrected chi connectivity index (χ2v) is 7.75. The Morgan fingerprint density at radius 1 is 0.966 bits per heavy atom. The van der Waals surface area contributed by atoms with Gasteiger partial charge in [0, 0.05) is 30.0 Å². The molecular weight excluding hydrogens is 362 g/mol. The molecule has 0 aromatic heterocycles. The van der Waals surface area contributed by atoms with Gasteiger partial charge in [-0.2, -0.15) is 0 Å². The summed E-state index contributed by atoms with van der Waals surface area (Å²) >= 11 is 0. The smallest absolute Gasteiger partial charge is 0.126 e. The zero-order chi connectivity index (χ0) is 20.2. The maximum Gasteiger partial charge on any atom is 0.126 e. The first-order valence-corrected chi connectivity index (χ1v) is 10.00. The lowest BCUT2D eigenvalue weighted by molar-refractivity contribution is 0.247. The van der Waals surface area contributed by atoms with Gasteiger partial charge in [0.2, 0.25) is 0 Å². The van der Waals surface area contributed by atoms with E-state index in [0.717, 1.165) is 23.6 Å². The molecule has 0 spiro atoms. The molecule has 1 aliphatic heterocycles. The van der Waals surface area contributed by atoms with Crippen molar-refractivity contribution in [3.05, 3.63) is 89.5 Å². The Morgan fingerprint density at radius 3 is 2.45 bits per heavy atom. The van der Waals surface area contributed by atoms with E-state index in [1.54, 1.807) is 12.1 Å². The molecule has 0 saturated carbocycles. The molecule has 1 aliphatic rings. The van der Waals surface area contributed by atoms with Gasteiger partial charge in [0.25, 0.3) is 0 Å². The van der Waals surface area contributed by atoms with Crippen molar-refractivity contribution >= 4 is 0 Å². The Kier molecular flexibility index (Phi) is 5.72. The van der Waals surface area contributed by atoms with Gasteiger partial charge in [-0.3, -0.25) is 0 Å². The van der Waals surface area contributed by atoms with Crippen molar-refractivity contribution in [2.75, 3.05) is 33.9 Å². The standard InChI is InChI=1S/C25H27NO3/c1-26(2)14-15-28-21-11-8-19(9-12-21)25-22-13-10-20(27)16-24(22)29-17-23(25)18-6-4-3-5-7-18/h3-13,16,23,25,27H,14-15,17H2,1-2H3. The van der Waals surface area contributed by atoms with Gasteiger partial charge in [0.1, 0.15) is 23.9 Å². The number of nitrogens with zero attached hydrogens (tertiary/aromatic N) is 1. The summed E-state index contributed by atoms with van der Waals surface area (Å²) in [5.41, 5.74) is 3.57. The van der Waals surface area contributed by atoms with Crippen LogP contribution in [-0.2, 0) is 0 Å². The summed E-state index contributed by atoms with van der Waals surface area (Å²) in [6.45, 7) is 2.12. The third-order valence-corrected chi connectivity index (χ3v) is 5.43. The van der Waals surface area contributed by atoms with Crippen molar-refractivity contribution in [3.63, 3.8) is 0 Å². The number of hydrogen-bond donors (Lipinski definition) is 1. The van der Waals surface area contributed by atoms with Gasteiger partial charge in [0.15, 0.2) is 0 Å². The maximum atomic E-state index is 9.89. The lowest BCUT2D eigenvalue weighted by Gasteiger charge is -2.34. The van der Waals surface area contributed by atoms with E-state index in [2.05, 4.69) is 41.3 Å². The molecule has 0 fully saturated rings. The normalized spacial score (nSPS) is 18.2. The van der Waals surface area contributed by atoms with Crippen LogP contribution in [0.3, 0.4) is 0 Å². The first kappa shape index (κ1) is 19.3. The lowest BCUT2D eigenvalue weighted by atomic mass is 9.76. The van der Waals surface area contributed by atoms with Crippen molar-refractivity contribution < 1.29 is 14.6 Å². The van der Waals surface area contributed by atoms with Gasteiger partial charge in [-0.15, -0.1) is 0 Å². The number of hydrogen-bond acceptors (Lipinski definition) is 4. The minimum absolute atomic E-state index is 0.151. The average Bonchev–Trinajstić information content (AvgIpc) is 2.74. The molecule has 3 aromatic rings. The molecule has 2 atom stereocenters. The predicted molar refractivity (Wildman–Crippen MR) is 115 cm³/mol. The summed E-state index contributed by atoms with van der Waals surface area (Å²) in [6.07, 6.45) is 0. The highest BCUT2D eigenvalue weighted by molar-refractivity contribution is 5.50. The van der Waals surface area contributed by atoms with E-state index >= 15 is 0 Å². The highest BCUT2D eigenvalue weighted by Crippen LogP contribution is 2.47. The lowest BCUT2D eigenvalue weighted by Crippen LogP contribution is -2.25. The highest BCUT2D eigenvalue weighted by atomic mass is 16.5. The molecule has 1 N–H and O–H groups in total. The fourth-order valence-electron chi connectivity index (χ4n) is 3.92. The van der Waals surface area contributed by atoms with Crippen molar-refractivity contribution in [1.82, 2.24) is 4.90 Å². The van der Waals surface area contributed by atoms with Crippen LogP contribution in [0.15, 0.2) is 72.8 Å². The van der Waals surface area contributed by atoms with Gasteiger partial charge in [-0.25, -0.2) is 0 Å². The van der Waals surface area contributed by atoms with Crippen molar-refractivity contribution in [2.45, 2.75) is 11.8 Å². The molecule has 29 heavy (non-hydrogen) atoms. The number of ether oxygens (including phenoxy) is 2. The Balaban J connectivity index is 1.66. The predicted octanol–water partition coefficient (Wildman–Crippen LogP) is 4.64. The number of aromatic hydroxyl groups is 1. The fraction of sp³-hybridized carbons (Fsp3) is 0.280. The molecule has 2 unspecified atom stereocenters. The van der Waals surface area contributed by atoms with E-state index in [0.29, 0.717) is 13.2 Å². The van der Waals surface area contributed by atoms with Crippen LogP contribution in [0.1, 0.15) is 28.5 Å². The minimum Gasteiger partial charge on any atom is -0.508 e. The Morgan fingerprint density at radius 2 is 1.72 bits per heavy atom. The molecule has 1 heterocycles. The largest absolute Gasteiger partial charge is 0.508 e. The summed E-state index contributed by atoms with van der Waals surface area (Å²) in [5, 5.41) is 9.89. The van der Waals surface area contributed by atoms with Crippen LogP contribution in [-0.4, -0.2) is 43.9 Å². The Labute approximate surface area is 172 Å². The summed E-state index contributed by atoms with van der Waals surface area (Å²) < 4.78 is 11.9. The fourth-order valence-corrected chi connectivity index (χ4v) is 3.92. The molecule has 4 nitrogen and oxygen atoms in total. The summed E-state index contributed by atoms with van der Waals surface area (Å²) in [7, 11) is 4.08. The first-order chi connectivity index (χ1) is 14.1. The van der Waals surface area contributed by atoms with Crippen molar-refractivity contribution in [2.24, 2.45) is 0 Å². The molecule has 4 heteroatoms. The van der Waals surface area contributed by atoms with Crippen LogP contribution in [0.2, 0.25) is 0 Å². The van der Waals surface area contributed by atoms with E-state index in [-0.39, 0.29) is 17.6 Å². The zero-order valence-corrected chi connectivity index (χ0v) is 16.9. The molecule has 0 amide bonds. The van der Waals surface area contributed by atoms with Gasteiger partial charge >= 0.3 is 0 Å². The Hall–Kier alpha value is -2.98. The van der Waals surface area contributed by atoms with Crippen LogP contribution < -0.4 is 9.47 Å². The van der Waals surface area contributed by atoms with E-state index < -0.39 is 0 Å². The summed E-state index contributed by atoms with van der Waals surface area (Å²) in [4.78, 5) is 2.10. The SMILES string of the molecule is CN(C)CCOc1ccc(C2c3ccc(O)cc3OCC2c2ccccc2)cc1. The van der Waals surface area contributed by atoms with Crippen molar-refractivity contribution in [1.29, 1.82) is 0 Å². The topological polar surface area (TPSA) is 41.9 Å². The quantitative estimate of drug-likeness (QED) is 0.667. The van der Waals surface area contributed by atoms with Crippen LogP contribution >= 0.6 is 0 Å². The molecule has 0 bridgehead atoms. The first-order valence-electron chi connectivity index (χ1n) is 10.00. The minimum atomic E-state index is 0.151. The van der Waals surface area contributed by atoms with Crippen molar-refractivity contribution in [3.8, 4) is 17.2 Å². The number of phenolic OH excluding ortho intramolecular Hbond substituents is 1. The Bertz CT molecular complexity index is 938.